The number of carboxylic acids is 1. The maximum atomic E-state index is 14.2. The highest BCUT2D eigenvalue weighted by atomic mass is 35.5. The van der Waals surface area contributed by atoms with E-state index in [4.69, 9.17) is 11.6 Å². The summed E-state index contributed by atoms with van der Waals surface area (Å²) in [6.07, 6.45) is 0.542. The average Bonchev–Trinajstić information content (AvgIpc) is 3.46. The highest BCUT2D eigenvalue weighted by Gasteiger charge is 2.44. The molecule has 0 radical (unpaired) electrons. The van der Waals surface area contributed by atoms with Crippen LogP contribution < -0.4 is 0 Å². The van der Waals surface area contributed by atoms with Gasteiger partial charge in [0.05, 0.1) is 22.0 Å². The van der Waals surface area contributed by atoms with Crippen molar-refractivity contribution in [3.05, 3.63) is 99.7 Å². The molecule has 6 rings (SSSR count). The minimum absolute atomic E-state index is 0.0746. The van der Waals surface area contributed by atoms with Gasteiger partial charge in [0, 0.05) is 27.1 Å². The normalized spacial score (nSPS) is 16.8. The van der Waals surface area contributed by atoms with Crippen molar-refractivity contribution in [1.82, 2.24) is 3.97 Å². The number of hydrogen-bond donors (Lipinski definition) is 1. The monoisotopic (exact) mass is 558 g/mol. The zero-order valence-corrected chi connectivity index (χ0v) is 22.1. The number of para-hydroxylation sites is 1. The first-order chi connectivity index (χ1) is 18.3. The molecule has 3 aromatic carbocycles. The number of halogens is 1. The van der Waals surface area contributed by atoms with Gasteiger partial charge in [-0.2, -0.15) is 5.26 Å². The molecule has 1 aliphatic rings. The van der Waals surface area contributed by atoms with E-state index in [0.29, 0.717) is 49.6 Å². The number of thiophene rings is 1. The van der Waals surface area contributed by atoms with Crippen molar-refractivity contribution in [2.45, 2.75) is 17.2 Å². The second-order valence-electron chi connectivity index (χ2n) is 9.15. The molecular weight excluding hydrogens is 540 g/mol. The maximum absolute atomic E-state index is 14.2. The molecule has 6 nitrogen and oxygen atoms in total. The molecule has 0 spiro atoms. The van der Waals surface area contributed by atoms with Crippen molar-refractivity contribution >= 4 is 49.8 Å². The van der Waals surface area contributed by atoms with Crippen LogP contribution in [0.15, 0.2) is 89.1 Å². The van der Waals surface area contributed by atoms with E-state index in [2.05, 4.69) is 6.07 Å². The fourth-order valence-electron chi connectivity index (χ4n) is 5.05. The quantitative estimate of drug-likeness (QED) is 0.242. The topological polar surface area (TPSA) is 100 Å². The Morgan fingerprint density at radius 2 is 1.82 bits per heavy atom. The molecule has 0 saturated heterocycles. The minimum Gasteiger partial charge on any atom is -0.481 e. The van der Waals surface area contributed by atoms with Crippen molar-refractivity contribution in [2.75, 3.05) is 0 Å². The molecule has 2 heterocycles. The van der Waals surface area contributed by atoms with Gasteiger partial charge in [-0.3, -0.25) is 4.79 Å². The Morgan fingerprint density at radius 1 is 1.05 bits per heavy atom. The van der Waals surface area contributed by atoms with E-state index in [1.54, 1.807) is 12.1 Å². The van der Waals surface area contributed by atoms with Crippen LogP contribution in [-0.4, -0.2) is 23.5 Å². The van der Waals surface area contributed by atoms with E-state index in [-0.39, 0.29) is 10.8 Å². The van der Waals surface area contributed by atoms with Crippen molar-refractivity contribution in [2.24, 2.45) is 5.92 Å². The fraction of sp³-hybridized carbons (Fsp3) is 0.103. The van der Waals surface area contributed by atoms with Crippen LogP contribution in [0.4, 0.5) is 0 Å². The van der Waals surface area contributed by atoms with Crippen molar-refractivity contribution in [3.8, 4) is 28.5 Å². The van der Waals surface area contributed by atoms with E-state index in [0.717, 1.165) is 5.56 Å². The number of nitriles is 1. The lowest BCUT2D eigenvalue weighted by atomic mass is 9.97. The molecule has 0 bridgehead atoms. The lowest BCUT2D eigenvalue weighted by Crippen LogP contribution is -2.14. The van der Waals surface area contributed by atoms with Crippen LogP contribution in [0.1, 0.15) is 22.8 Å². The molecule has 2 aromatic heterocycles. The first-order valence-corrected chi connectivity index (χ1v) is 14.5. The van der Waals surface area contributed by atoms with Gasteiger partial charge in [0.15, 0.2) is 0 Å². The summed E-state index contributed by atoms with van der Waals surface area (Å²) in [6, 6.07) is 24.7. The van der Waals surface area contributed by atoms with E-state index in [1.807, 2.05) is 47.8 Å². The molecule has 188 valence electrons. The van der Waals surface area contributed by atoms with Gasteiger partial charge in [-0.1, -0.05) is 48.0 Å². The number of nitrogens with zero attached hydrogens (tertiary/aromatic N) is 2. The highest BCUT2D eigenvalue weighted by molar-refractivity contribution is 7.90. The number of carboxylic acid groups (broad SMARTS) is 1. The van der Waals surface area contributed by atoms with Gasteiger partial charge >= 0.3 is 5.97 Å². The van der Waals surface area contributed by atoms with E-state index < -0.39 is 21.9 Å². The summed E-state index contributed by atoms with van der Waals surface area (Å²) in [5, 5.41) is 22.2. The van der Waals surface area contributed by atoms with Crippen LogP contribution >= 0.6 is 22.9 Å². The van der Waals surface area contributed by atoms with Crippen LogP contribution in [0.2, 0.25) is 5.02 Å². The van der Waals surface area contributed by atoms with E-state index in [1.165, 1.54) is 39.6 Å². The summed E-state index contributed by atoms with van der Waals surface area (Å²) in [5.41, 5.74) is 3.64. The lowest BCUT2D eigenvalue weighted by Gasteiger charge is -2.15. The zero-order chi connectivity index (χ0) is 26.6. The van der Waals surface area contributed by atoms with Gasteiger partial charge in [0.25, 0.3) is 10.0 Å². The molecule has 2 unspecified atom stereocenters. The standard InChI is InChI=1S/C29H19ClN2O4S2/c30-19-8-10-20(11-9-19)38(35,36)32-25-7-2-1-6-21(25)27(22-12-13-37-26(22)16-31)28(32)18-5-3-4-17(14-18)23-15-24(23)29(33)34/h1-14,23-24H,15H2,(H,33,34). The second-order valence-corrected chi connectivity index (χ2v) is 12.3. The highest BCUT2D eigenvalue weighted by Crippen LogP contribution is 2.50. The van der Waals surface area contributed by atoms with Crippen molar-refractivity contribution < 1.29 is 18.3 Å². The number of rotatable bonds is 6. The van der Waals surface area contributed by atoms with Crippen LogP contribution in [-0.2, 0) is 14.8 Å². The van der Waals surface area contributed by atoms with Crippen molar-refractivity contribution in [3.63, 3.8) is 0 Å². The Bertz CT molecular complexity index is 1880. The predicted octanol–water partition coefficient (Wildman–Crippen LogP) is 6.99. The Balaban J connectivity index is 1.70. The summed E-state index contributed by atoms with van der Waals surface area (Å²) in [7, 11) is -4.11. The van der Waals surface area contributed by atoms with Gasteiger partial charge in [-0.15, -0.1) is 11.3 Å². The van der Waals surface area contributed by atoms with Crippen LogP contribution in [0.3, 0.4) is 0 Å². The smallest absolute Gasteiger partial charge is 0.307 e. The predicted molar refractivity (Wildman–Crippen MR) is 148 cm³/mol. The van der Waals surface area contributed by atoms with E-state index in [9.17, 15) is 23.6 Å². The summed E-state index contributed by atoms with van der Waals surface area (Å²) < 4.78 is 29.8. The fourth-order valence-corrected chi connectivity index (χ4v) is 7.42. The number of aromatic nitrogens is 1. The second kappa shape index (κ2) is 9.14. The molecule has 38 heavy (non-hydrogen) atoms. The SMILES string of the molecule is N#Cc1sccc1-c1c(-c2cccc(C3CC3C(=O)O)c2)n(S(=O)(=O)c2ccc(Cl)cc2)c2ccccc12. The summed E-state index contributed by atoms with van der Waals surface area (Å²) in [6.45, 7) is 0. The summed E-state index contributed by atoms with van der Waals surface area (Å²) in [4.78, 5) is 12.1. The number of aliphatic carboxylic acids is 1. The molecule has 1 aliphatic carbocycles. The Morgan fingerprint density at radius 3 is 2.53 bits per heavy atom. The first kappa shape index (κ1) is 24.4. The van der Waals surface area contributed by atoms with Gasteiger partial charge in [-0.25, -0.2) is 12.4 Å². The summed E-state index contributed by atoms with van der Waals surface area (Å²) in [5.74, 6) is -1.41. The maximum Gasteiger partial charge on any atom is 0.307 e. The Labute approximate surface area is 228 Å². The lowest BCUT2D eigenvalue weighted by molar-refractivity contribution is -0.138. The zero-order valence-electron chi connectivity index (χ0n) is 19.7. The van der Waals surface area contributed by atoms with Gasteiger partial charge in [0.1, 0.15) is 10.9 Å². The summed E-state index contributed by atoms with van der Waals surface area (Å²) >= 11 is 7.34. The molecule has 5 aromatic rings. The minimum atomic E-state index is -4.11. The number of fused-ring (bicyclic) bond motifs is 1. The average molecular weight is 559 g/mol. The molecule has 1 fully saturated rings. The molecule has 2 atom stereocenters. The van der Waals surface area contributed by atoms with Crippen LogP contribution in [0, 0.1) is 17.2 Å². The molecule has 0 amide bonds. The Kier molecular flexibility index (Phi) is 5.88. The third kappa shape index (κ3) is 3.91. The molecular formula is C29H19ClN2O4S2. The van der Waals surface area contributed by atoms with Gasteiger partial charge in [0.2, 0.25) is 0 Å². The number of benzene rings is 3. The van der Waals surface area contributed by atoms with Crippen molar-refractivity contribution in [1.29, 1.82) is 5.26 Å². The molecule has 1 N–H and O–H groups in total. The third-order valence-corrected chi connectivity index (χ3v) is 9.71. The first-order valence-electron chi connectivity index (χ1n) is 11.8. The molecule has 1 saturated carbocycles. The third-order valence-electron chi connectivity index (χ3n) is 6.92. The van der Waals surface area contributed by atoms with Gasteiger partial charge in [-0.05, 0) is 65.7 Å². The van der Waals surface area contributed by atoms with Gasteiger partial charge < -0.3 is 5.11 Å². The number of carbonyl (C=O) groups is 1. The van der Waals surface area contributed by atoms with Crippen LogP contribution in [0.5, 0.6) is 0 Å². The largest absolute Gasteiger partial charge is 0.481 e. The molecule has 9 heteroatoms. The number of hydrogen-bond acceptors (Lipinski definition) is 5. The van der Waals surface area contributed by atoms with E-state index >= 15 is 0 Å². The Hall–Kier alpha value is -3.90. The molecule has 0 aliphatic heterocycles. The van der Waals surface area contributed by atoms with Crippen LogP contribution in [0.25, 0.3) is 33.3 Å².